The molecule has 0 aliphatic heterocycles. The minimum atomic E-state index is -4.05. The third-order valence-corrected chi connectivity index (χ3v) is 8.11. The van der Waals surface area contributed by atoms with Gasteiger partial charge >= 0.3 is 0 Å². The number of benzene rings is 2. The number of hydrogen-bond acceptors (Lipinski definition) is 8. The Morgan fingerprint density at radius 3 is 1.25 bits per heavy atom. The van der Waals surface area contributed by atoms with Crippen LogP contribution in [0.1, 0.15) is 25.7 Å². The highest BCUT2D eigenvalue weighted by molar-refractivity contribution is 7.90. The smallest absolute Gasteiger partial charge is 0.258 e. The van der Waals surface area contributed by atoms with Crippen LogP contribution >= 0.6 is 0 Å². The third kappa shape index (κ3) is 5.45. The van der Waals surface area contributed by atoms with Crippen LogP contribution in [0.5, 0.6) is 0 Å². The van der Waals surface area contributed by atoms with Gasteiger partial charge in [-0.1, -0.05) is 12.8 Å². The van der Waals surface area contributed by atoms with E-state index in [4.69, 9.17) is 0 Å². The standard InChI is InChI=1S/C18H20N4O8S2/c23-21(24)13-5-9-15(10-6-13)31(27,28)19-17-3-1-2-4-18(17)20-32(29,30)16-11-7-14(8-12-16)22(25)26/h5-12,17-20H,1-4H2/t17-,18-/m1/s1. The van der Waals surface area contributed by atoms with Crippen molar-refractivity contribution in [2.75, 3.05) is 0 Å². The van der Waals surface area contributed by atoms with Crippen LogP contribution in [0.3, 0.4) is 0 Å². The highest BCUT2D eigenvalue weighted by Crippen LogP contribution is 2.24. The summed E-state index contributed by atoms with van der Waals surface area (Å²) in [7, 11) is -8.11. The van der Waals surface area contributed by atoms with E-state index in [1.54, 1.807) is 0 Å². The maximum Gasteiger partial charge on any atom is 0.269 e. The van der Waals surface area contributed by atoms with Crippen LogP contribution in [0.4, 0.5) is 11.4 Å². The molecule has 1 saturated carbocycles. The lowest BCUT2D eigenvalue weighted by Crippen LogP contribution is -2.52. The van der Waals surface area contributed by atoms with E-state index in [9.17, 15) is 37.1 Å². The lowest BCUT2D eigenvalue weighted by molar-refractivity contribution is -0.385. The molecule has 2 N–H and O–H groups in total. The predicted octanol–water partition coefficient (Wildman–Crippen LogP) is 2.07. The van der Waals surface area contributed by atoms with Gasteiger partial charge < -0.3 is 0 Å². The largest absolute Gasteiger partial charge is 0.269 e. The first-order chi connectivity index (χ1) is 15.0. The van der Waals surface area contributed by atoms with E-state index in [2.05, 4.69) is 9.44 Å². The van der Waals surface area contributed by atoms with Crippen molar-refractivity contribution in [3.63, 3.8) is 0 Å². The molecule has 12 nitrogen and oxygen atoms in total. The van der Waals surface area contributed by atoms with Crippen molar-refractivity contribution in [3.8, 4) is 0 Å². The summed E-state index contributed by atoms with van der Waals surface area (Å²) in [6.07, 6.45) is 2.14. The van der Waals surface area contributed by atoms with Gasteiger partial charge in [-0.2, -0.15) is 0 Å². The van der Waals surface area contributed by atoms with Crippen LogP contribution in [0.25, 0.3) is 0 Å². The molecule has 1 aliphatic rings. The van der Waals surface area contributed by atoms with Gasteiger partial charge in [0.15, 0.2) is 0 Å². The Bertz CT molecular complexity index is 1120. The Labute approximate surface area is 184 Å². The maximum atomic E-state index is 12.7. The monoisotopic (exact) mass is 484 g/mol. The van der Waals surface area contributed by atoms with Crippen molar-refractivity contribution in [3.05, 3.63) is 68.8 Å². The van der Waals surface area contributed by atoms with Gasteiger partial charge in [0.25, 0.3) is 11.4 Å². The first-order valence-corrected chi connectivity index (χ1v) is 12.5. The predicted molar refractivity (Wildman–Crippen MR) is 113 cm³/mol. The fourth-order valence-corrected chi connectivity index (χ4v) is 6.06. The molecule has 0 bridgehead atoms. The van der Waals surface area contributed by atoms with E-state index in [0.717, 1.165) is 48.5 Å². The van der Waals surface area contributed by atoms with Crippen molar-refractivity contribution in [1.29, 1.82) is 0 Å². The Balaban J connectivity index is 1.77. The van der Waals surface area contributed by atoms with Gasteiger partial charge in [-0.25, -0.2) is 26.3 Å². The molecule has 2 atom stereocenters. The molecule has 1 aliphatic carbocycles. The molecule has 0 unspecified atom stereocenters. The number of hydrogen-bond donors (Lipinski definition) is 2. The summed E-state index contributed by atoms with van der Waals surface area (Å²) < 4.78 is 56.0. The van der Waals surface area contributed by atoms with Crippen molar-refractivity contribution < 1.29 is 26.7 Å². The molecule has 0 aromatic heterocycles. The number of sulfonamides is 2. The first-order valence-electron chi connectivity index (χ1n) is 9.53. The topological polar surface area (TPSA) is 179 Å². The number of non-ortho nitro benzene ring substituents is 2. The van der Waals surface area contributed by atoms with Gasteiger partial charge in [0.1, 0.15) is 0 Å². The number of nitro groups is 2. The molecule has 2 aromatic rings. The van der Waals surface area contributed by atoms with Gasteiger partial charge in [-0.3, -0.25) is 20.2 Å². The second-order valence-corrected chi connectivity index (χ2v) is 10.7. The summed E-state index contributed by atoms with van der Waals surface area (Å²) in [6, 6.07) is 7.26. The quantitative estimate of drug-likeness (QED) is 0.422. The van der Waals surface area contributed by atoms with E-state index >= 15 is 0 Å². The second kappa shape index (κ2) is 9.28. The molecule has 0 saturated heterocycles. The number of nitrogens with one attached hydrogen (secondary N) is 2. The minimum absolute atomic E-state index is 0.175. The van der Waals surface area contributed by atoms with Crippen LogP contribution in [0.2, 0.25) is 0 Å². The number of nitro benzene ring substituents is 2. The van der Waals surface area contributed by atoms with E-state index in [1.807, 2.05) is 0 Å². The summed E-state index contributed by atoms with van der Waals surface area (Å²) >= 11 is 0. The minimum Gasteiger partial charge on any atom is -0.258 e. The fraction of sp³-hybridized carbons (Fsp3) is 0.333. The van der Waals surface area contributed by atoms with Gasteiger partial charge in [0.2, 0.25) is 20.0 Å². The molecule has 14 heteroatoms. The number of nitrogens with zero attached hydrogens (tertiary/aromatic N) is 2. The maximum absolute atomic E-state index is 12.7. The van der Waals surface area contributed by atoms with Gasteiger partial charge in [0.05, 0.1) is 19.6 Å². The SMILES string of the molecule is O=[N+]([O-])c1ccc(S(=O)(=O)N[C@@H]2CCCC[C@H]2NS(=O)(=O)c2ccc([N+](=O)[O-])cc2)cc1. The van der Waals surface area contributed by atoms with Crippen molar-refractivity contribution in [2.24, 2.45) is 0 Å². The summed E-state index contributed by atoms with van der Waals surface area (Å²) in [5, 5.41) is 21.5. The third-order valence-electron chi connectivity index (χ3n) is 5.09. The molecule has 0 heterocycles. The van der Waals surface area contributed by atoms with E-state index in [0.29, 0.717) is 25.7 Å². The molecule has 32 heavy (non-hydrogen) atoms. The van der Waals surface area contributed by atoms with Gasteiger partial charge in [-0.15, -0.1) is 0 Å². The van der Waals surface area contributed by atoms with Crippen molar-refractivity contribution >= 4 is 31.4 Å². The second-order valence-electron chi connectivity index (χ2n) is 7.24. The molecule has 1 fully saturated rings. The van der Waals surface area contributed by atoms with E-state index in [1.165, 1.54) is 0 Å². The average Bonchev–Trinajstić information content (AvgIpc) is 2.75. The Kier molecular flexibility index (Phi) is 6.88. The molecule has 0 amide bonds. The average molecular weight is 485 g/mol. The zero-order valence-electron chi connectivity index (χ0n) is 16.6. The van der Waals surface area contributed by atoms with Gasteiger partial charge in [-0.05, 0) is 37.1 Å². The molecular formula is C18H20N4O8S2. The summed E-state index contributed by atoms with van der Waals surface area (Å²) in [5.41, 5.74) is -0.509. The van der Waals surface area contributed by atoms with E-state index in [-0.39, 0.29) is 21.2 Å². The van der Waals surface area contributed by atoms with Crippen LogP contribution < -0.4 is 9.44 Å². The summed E-state index contributed by atoms with van der Waals surface area (Å²) in [6.45, 7) is 0. The molecule has 2 aromatic carbocycles. The highest BCUT2D eigenvalue weighted by Gasteiger charge is 2.33. The van der Waals surface area contributed by atoms with E-state index < -0.39 is 42.0 Å². The highest BCUT2D eigenvalue weighted by atomic mass is 32.2. The van der Waals surface area contributed by atoms with Gasteiger partial charge in [0, 0.05) is 36.3 Å². The fourth-order valence-electron chi connectivity index (χ4n) is 3.44. The normalized spacial score (nSPS) is 19.4. The zero-order chi connectivity index (χ0) is 23.5. The van der Waals surface area contributed by atoms with Crippen LogP contribution in [0.15, 0.2) is 58.3 Å². The lowest BCUT2D eigenvalue weighted by Gasteiger charge is -2.32. The van der Waals surface area contributed by atoms with Crippen LogP contribution in [-0.2, 0) is 20.0 Å². The summed E-state index contributed by atoms with van der Waals surface area (Å²) in [4.78, 5) is 19.9. The van der Waals surface area contributed by atoms with Crippen molar-refractivity contribution in [2.45, 2.75) is 47.6 Å². The number of rotatable bonds is 8. The molecule has 0 radical (unpaired) electrons. The van der Waals surface area contributed by atoms with Crippen molar-refractivity contribution in [1.82, 2.24) is 9.44 Å². The van der Waals surface area contributed by atoms with Crippen LogP contribution in [0, 0.1) is 20.2 Å². The molecule has 0 spiro atoms. The van der Waals surface area contributed by atoms with Crippen LogP contribution in [-0.4, -0.2) is 38.8 Å². The first kappa shape index (κ1) is 23.7. The Morgan fingerprint density at radius 1 is 0.656 bits per heavy atom. The molecule has 172 valence electrons. The lowest BCUT2D eigenvalue weighted by atomic mass is 9.92. The Hall–Kier alpha value is -2.94. The molecular weight excluding hydrogens is 464 g/mol. The molecule has 3 rings (SSSR count). The zero-order valence-corrected chi connectivity index (χ0v) is 18.2. The Morgan fingerprint density at radius 2 is 0.969 bits per heavy atom. The summed E-state index contributed by atoms with van der Waals surface area (Å²) in [5.74, 6) is 0.